The number of amides is 1. The first-order valence-electron chi connectivity index (χ1n) is 8.68. The molecule has 3 heterocycles. The van der Waals surface area contributed by atoms with Gasteiger partial charge in [-0.3, -0.25) is 10.2 Å². The van der Waals surface area contributed by atoms with Gasteiger partial charge < -0.3 is 14.2 Å². The highest BCUT2D eigenvalue weighted by Gasteiger charge is 2.42. The molecular weight excluding hydrogens is 320 g/mol. The highest BCUT2D eigenvalue weighted by atomic mass is 16.5. The fourth-order valence-corrected chi connectivity index (χ4v) is 3.63. The second kappa shape index (κ2) is 7.25. The molecule has 4 rings (SSSR count). The number of carbonyl (C=O) groups is 1. The third kappa shape index (κ3) is 3.52. The molecule has 1 aromatic heterocycles. The maximum atomic E-state index is 12.5. The molecule has 2 fully saturated rings. The zero-order valence-corrected chi connectivity index (χ0v) is 13.9. The Bertz CT molecular complexity index is 692. The van der Waals surface area contributed by atoms with E-state index in [2.05, 4.69) is 16.0 Å². The van der Waals surface area contributed by atoms with Crippen molar-refractivity contribution < 1.29 is 14.1 Å². The summed E-state index contributed by atoms with van der Waals surface area (Å²) in [6, 6.07) is 11.8. The quantitative estimate of drug-likeness (QED) is 0.857. The summed E-state index contributed by atoms with van der Waals surface area (Å²) >= 11 is 0. The lowest BCUT2D eigenvalue weighted by Gasteiger charge is -2.35. The number of hydrogen-bond acceptors (Lipinski definition) is 6. The summed E-state index contributed by atoms with van der Waals surface area (Å²) in [5.41, 5.74) is 6.60. The number of fused-ring (bicyclic) bond motifs is 1. The fraction of sp³-hybridized carbons (Fsp3) is 0.444. The van der Waals surface area contributed by atoms with E-state index in [1.165, 1.54) is 0 Å². The average molecular weight is 342 g/mol. The lowest BCUT2D eigenvalue weighted by atomic mass is 9.87. The van der Waals surface area contributed by atoms with Gasteiger partial charge in [-0.15, -0.1) is 0 Å². The number of carbonyl (C=O) groups excluding carboxylic acids is 1. The lowest BCUT2D eigenvalue weighted by molar-refractivity contribution is -0.133. The molecule has 7 nitrogen and oxygen atoms in total. The second-order valence-electron chi connectivity index (χ2n) is 6.49. The molecule has 1 amide bonds. The van der Waals surface area contributed by atoms with Gasteiger partial charge >= 0.3 is 0 Å². The normalized spacial score (nSPS) is 25.6. The van der Waals surface area contributed by atoms with Gasteiger partial charge in [-0.25, -0.2) is 5.43 Å². The number of likely N-dealkylation sites (tertiary alicyclic amines) is 1. The van der Waals surface area contributed by atoms with Gasteiger partial charge in [-0.05, 0) is 18.6 Å². The molecule has 0 radical (unpaired) electrons. The van der Waals surface area contributed by atoms with Gasteiger partial charge in [0, 0.05) is 31.1 Å². The molecule has 7 heteroatoms. The number of hydrogen-bond donors (Lipinski definition) is 2. The molecule has 3 atom stereocenters. The van der Waals surface area contributed by atoms with Crippen LogP contribution in [-0.2, 0) is 4.79 Å². The predicted octanol–water partition coefficient (Wildman–Crippen LogP) is 1.51. The van der Waals surface area contributed by atoms with Crippen molar-refractivity contribution in [3.05, 3.63) is 48.4 Å². The molecule has 25 heavy (non-hydrogen) atoms. The minimum Gasteiger partial charge on any atom is -0.493 e. The van der Waals surface area contributed by atoms with Gasteiger partial charge in [-0.1, -0.05) is 23.4 Å². The summed E-state index contributed by atoms with van der Waals surface area (Å²) in [5.74, 6) is 2.02. The standard InChI is InChI=1S/C18H22N4O3/c23-17(8-11-24-13-4-2-1-3-5-13)22-10-7-15-14(12-22)18(21-20-15)16-6-9-19-25-16/h1-6,9,14-15,18,20-21H,7-8,10-12H2. The zero-order chi connectivity index (χ0) is 17.1. The van der Waals surface area contributed by atoms with Gasteiger partial charge in [0.2, 0.25) is 5.91 Å². The smallest absolute Gasteiger partial charge is 0.226 e. The Balaban J connectivity index is 1.31. The van der Waals surface area contributed by atoms with E-state index >= 15 is 0 Å². The Morgan fingerprint density at radius 2 is 2.16 bits per heavy atom. The summed E-state index contributed by atoms with van der Waals surface area (Å²) in [4.78, 5) is 14.5. The largest absolute Gasteiger partial charge is 0.493 e. The van der Waals surface area contributed by atoms with Crippen LogP contribution in [0.1, 0.15) is 24.6 Å². The Morgan fingerprint density at radius 3 is 2.96 bits per heavy atom. The molecule has 2 N–H and O–H groups in total. The molecule has 0 saturated carbocycles. The first kappa shape index (κ1) is 16.1. The zero-order valence-electron chi connectivity index (χ0n) is 13.9. The Kier molecular flexibility index (Phi) is 4.67. The van der Waals surface area contributed by atoms with Crippen molar-refractivity contribution in [3.8, 4) is 5.75 Å². The third-order valence-electron chi connectivity index (χ3n) is 4.96. The molecule has 0 spiro atoms. The van der Waals surface area contributed by atoms with Gasteiger partial charge in [0.25, 0.3) is 0 Å². The number of hydrazine groups is 1. The van der Waals surface area contributed by atoms with Gasteiger partial charge in [0.15, 0.2) is 5.76 Å². The number of piperidine rings is 1. The number of benzene rings is 1. The summed E-state index contributed by atoms with van der Waals surface area (Å²) in [6.45, 7) is 1.87. The summed E-state index contributed by atoms with van der Waals surface area (Å²) in [7, 11) is 0. The first-order chi connectivity index (χ1) is 12.3. The van der Waals surface area contributed by atoms with Crippen LogP contribution in [-0.4, -0.2) is 41.7 Å². The molecule has 132 valence electrons. The molecule has 2 saturated heterocycles. The van der Waals surface area contributed by atoms with Crippen LogP contribution in [0.25, 0.3) is 0 Å². The minimum atomic E-state index is 0.0451. The van der Waals surface area contributed by atoms with Crippen LogP contribution >= 0.6 is 0 Å². The summed E-state index contributed by atoms with van der Waals surface area (Å²) in [5, 5.41) is 3.79. The van der Waals surface area contributed by atoms with Crippen molar-refractivity contribution in [1.82, 2.24) is 20.9 Å². The van der Waals surface area contributed by atoms with Crippen LogP contribution in [0.2, 0.25) is 0 Å². The fourth-order valence-electron chi connectivity index (χ4n) is 3.63. The van der Waals surface area contributed by atoms with Crippen LogP contribution in [0, 0.1) is 5.92 Å². The molecule has 2 aromatic rings. The van der Waals surface area contributed by atoms with Crippen molar-refractivity contribution >= 4 is 5.91 Å². The number of para-hydroxylation sites is 1. The van der Waals surface area contributed by atoms with Crippen LogP contribution in [0.3, 0.4) is 0 Å². The Labute approximate surface area is 146 Å². The van der Waals surface area contributed by atoms with Gasteiger partial charge in [-0.2, -0.15) is 0 Å². The van der Waals surface area contributed by atoms with E-state index in [4.69, 9.17) is 9.26 Å². The van der Waals surface area contributed by atoms with E-state index in [1.54, 1.807) is 6.20 Å². The molecule has 2 aliphatic heterocycles. The predicted molar refractivity (Wildman–Crippen MR) is 90.5 cm³/mol. The summed E-state index contributed by atoms with van der Waals surface area (Å²) < 4.78 is 10.9. The molecule has 0 bridgehead atoms. The molecular formula is C18H22N4O3. The average Bonchev–Trinajstić information content (AvgIpc) is 3.31. The first-order valence-corrected chi connectivity index (χ1v) is 8.68. The number of ether oxygens (including phenoxy) is 1. The summed E-state index contributed by atoms with van der Waals surface area (Å²) in [6.07, 6.45) is 2.96. The van der Waals surface area contributed by atoms with Crippen LogP contribution < -0.4 is 15.6 Å². The van der Waals surface area contributed by atoms with Crippen LogP contribution in [0.4, 0.5) is 0 Å². The van der Waals surface area contributed by atoms with E-state index < -0.39 is 0 Å². The maximum absolute atomic E-state index is 12.5. The molecule has 0 aliphatic carbocycles. The molecule has 3 unspecified atom stereocenters. The van der Waals surface area contributed by atoms with Crippen molar-refractivity contribution in [3.63, 3.8) is 0 Å². The Hall–Kier alpha value is -2.38. The van der Waals surface area contributed by atoms with Crippen molar-refractivity contribution in [2.45, 2.75) is 24.9 Å². The number of nitrogens with zero attached hydrogens (tertiary/aromatic N) is 2. The molecule has 1 aromatic carbocycles. The minimum absolute atomic E-state index is 0.0451. The SMILES string of the molecule is O=C(CCOc1ccccc1)N1CCC2NNC(c3ccno3)C2C1. The van der Waals surface area contributed by atoms with E-state index in [0.29, 0.717) is 25.6 Å². The van der Waals surface area contributed by atoms with Gasteiger partial charge in [0.05, 0.1) is 25.3 Å². The van der Waals surface area contributed by atoms with Crippen molar-refractivity contribution in [2.75, 3.05) is 19.7 Å². The highest BCUT2D eigenvalue weighted by molar-refractivity contribution is 5.76. The third-order valence-corrected chi connectivity index (χ3v) is 4.96. The molecule has 2 aliphatic rings. The van der Waals surface area contributed by atoms with Crippen LogP contribution in [0.5, 0.6) is 5.75 Å². The Morgan fingerprint density at radius 1 is 1.28 bits per heavy atom. The van der Waals surface area contributed by atoms with E-state index in [1.807, 2.05) is 41.3 Å². The topological polar surface area (TPSA) is 79.6 Å². The van der Waals surface area contributed by atoms with E-state index in [9.17, 15) is 4.79 Å². The van der Waals surface area contributed by atoms with E-state index in [0.717, 1.165) is 24.5 Å². The van der Waals surface area contributed by atoms with Gasteiger partial charge in [0.1, 0.15) is 5.75 Å². The monoisotopic (exact) mass is 342 g/mol. The maximum Gasteiger partial charge on any atom is 0.226 e. The van der Waals surface area contributed by atoms with Crippen molar-refractivity contribution in [2.24, 2.45) is 5.92 Å². The highest BCUT2D eigenvalue weighted by Crippen LogP contribution is 2.33. The lowest BCUT2D eigenvalue weighted by Crippen LogP contribution is -2.48. The van der Waals surface area contributed by atoms with Crippen LogP contribution in [0.15, 0.2) is 47.1 Å². The second-order valence-corrected chi connectivity index (χ2v) is 6.49. The van der Waals surface area contributed by atoms with Crippen molar-refractivity contribution in [1.29, 1.82) is 0 Å². The number of aromatic nitrogens is 1. The number of nitrogens with one attached hydrogen (secondary N) is 2. The number of rotatable bonds is 5. The van der Waals surface area contributed by atoms with E-state index in [-0.39, 0.29) is 17.9 Å².